The zero-order valence-electron chi connectivity index (χ0n) is 22.7. The third-order valence-corrected chi connectivity index (χ3v) is 8.47. The predicted octanol–water partition coefficient (Wildman–Crippen LogP) is 7.13. The van der Waals surface area contributed by atoms with Gasteiger partial charge in [-0.1, -0.05) is 66.2 Å². The summed E-state index contributed by atoms with van der Waals surface area (Å²) in [6, 6.07) is 24.1. The Labute approximate surface area is 223 Å². The predicted molar refractivity (Wildman–Crippen MR) is 153 cm³/mol. The first kappa shape index (κ1) is 25.9. The standard InChI is InChI=1S/C34H42N2O/c1-26-7-5-9-29(21-26)23-36-18-6-11-30-13-14-31(22-33(30)25-36)34(37)15-12-28-16-19-35(20-17-28)24-32-10-4-3-8-27(32)2/h3-5,7-10,13-14,21-22,28H,6,11-12,15-20,23-25H2,1-2H3. The van der Waals surface area contributed by atoms with Gasteiger partial charge in [-0.15, -0.1) is 0 Å². The number of piperidine rings is 1. The fourth-order valence-corrected chi connectivity index (χ4v) is 6.15. The minimum atomic E-state index is 0.319. The molecule has 0 radical (unpaired) electrons. The quantitative estimate of drug-likeness (QED) is 0.311. The van der Waals surface area contributed by atoms with Crippen molar-refractivity contribution in [1.29, 1.82) is 0 Å². The summed E-state index contributed by atoms with van der Waals surface area (Å²) < 4.78 is 0. The van der Waals surface area contributed by atoms with Crippen molar-refractivity contribution >= 4 is 5.78 Å². The van der Waals surface area contributed by atoms with Gasteiger partial charge in [0.1, 0.15) is 0 Å². The smallest absolute Gasteiger partial charge is 0.162 e. The molecule has 0 N–H and O–H groups in total. The van der Waals surface area contributed by atoms with Crippen LogP contribution in [-0.2, 0) is 26.1 Å². The molecule has 2 aliphatic rings. The van der Waals surface area contributed by atoms with Crippen LogP contribution in [-0.4, -0.2) is 35.2 Å². The fraction of sp³-hybridized carbons (Fsp3) is 0.441. The lowest BCUT2D eigenvalue weighted by Gasteiger charge is -2.32. The summed E-state index contributed by atoms with van der Waals surface area (Å²) in [6.07, 6.45) is 6.39. The summed E-state index contributed by atoms with van der Waals surface area (Å²) in [5.41, 5.74) is 9.20. The van der Waals surface area contributed by atoms with Gasteiger partial charge in [0.25, 0.3) is 0 Å². The minimum absolute atomic E-state index is 0.319. The maximum atomic E-state index is 13.2. The molecule has 0 unspecified atom stereocenters. The van der Waals surface area contributed by atoms with Crippen molar-refractivity contribution in [3.05, 3.63) is 106 Å². The molecule has 37 heavy (non-hydrogen) atoms. The second-order valence-electron chi connectivity index (χ2n) is 11.4. The van der Waals surface area contributed by atoms with Crippen LogP contribution in [0.3, 0.4) is 0 Å². The number of rotatable bonds is 8. The van der Waals surface area contributed by atoms with Gasteiger partial charge >= 0.3 is 0 Å². The highest BCUT2D eigenvalue weighted by atomic mass is 16.1. The molecule has 194 valence electrons. The number of carbonyl (C=O) groups excluding carboxylic acids is 1. The van der Waals surface area contributed by atoms with Crippen LogP contribution < -0.4 is 0 Å². The van der Waals surface area contributed by atoms with E-state index in [-0.39, 0.29) is 0 Å². The number of fused-ring (bicyclic) bond motifs is 1. The Morgan fingerprint density at radius 3 is 2.49 bits per heavy atom. The van der Waals surface area contributed by atoms with E-state index in [0.717, 1.165) is 57.7 Å². The number of aryl methyl sites for hydroxylation is 3. The Morgan fingerprint density at radius 2 is 1.68 bits per heavy atom. The summed E-state index contributed by atoms with van der Waals surface area (Å²) in [5, 5.41) is 0. The van der Waals surface area contributed by atoms with Crippen LogP contribution in [0.15, 0.2) is 66.7 Å². The molecule has 1 saturated heterocycles. The van der Waals surface area contributed by atoms with Crippen LogP contribution in [0.2, 0.25) is 0 Å². The number of benzene rings is 3. The van der Waals surface area contributed by atoms with Crippen molar-refractivity contribution in [2.45, 2.75) is 72.0 Å². The van der Waals surface area contributed by atoms with Crippen LogP contribution >= 0.6 is 0 Å². The molecule has 0 spiro atoms. The third-order valence-electron chi connectivity index (χ3n) is 8.47. The van der Waals surface area contributed by atoms with E-state index in [9.17, 15) is 4.79 Å². The van der Waals surface area contributed by atoms with Crippen LogP contribution in [0.25, 0.3) is 0 Å². The lowest BCUT2D eigenvalue weighted by Crippen LogP contribution is -2.33. The number of nitrogens with zero attached hydrogens (tertiary/aromatic N) is 2. The van der Waals surface area contributed by atoms with Crippen molar-refractivity contribution in [2.75, 3.05) is 19.6 Å². The summed E-state index contributed by atoms with van der Waals surface area (Å²) in [5.74, 6) is 0.988. The zero-order chi connectivity index (χ0) is 25.6. The van der Waals surface area contributed by atoms with Crippen molar-refractivity contribution in [1.82, 2.24) is 9.80 Å². The van der Waals surface area contributed by atoms with Crippen molar-refractivity contribution < 1.29 is 4.79 Å². The maximum absolute atomic E-state index is 13.2. The first-order valence-electron chi connectivity index (χ1n) is 14.2. The number of hydrogen-bond donors (Lipinski definition) is 0. The number of ketones is 1. The van der Waals surface area contributed by atoms with Gasteiger partial charge in [-0.3, -0.25) is 14.6 Å². The van der Waals surface area contributed by atoms with E-state index in [2.05, 4.69) is 90.4 Å². The molecule has 0 atom stereocenters. The number of Topliss-reactive ketones (excluding diaryl/α,β-unsaturated/α-hetero) is 1. The molecule has 2 heterocycles. The first-order valence-corrected chi connectivity index (χ1v) is 14.2. The largest absolute Gasteiger partial charge is 0.299 e. The second-order valence-corrected chi connectivity index (χ2v) is 11.4. The molecule has 3 aromatic carbocycles. The summed E-state index contributed by atoms with van der Waals surface area (Å²) >= 11 is 0. The molecule has 0 amide bonds. The van der Waals surface area contributed by atoms with Gasteiger partial charge in [-0.2, -0.15) is 0 Å². The normalized spacial score (nSPS) is 17.4. The Hall–Kier alpha value is -2.75. The van der Waals surface area contributed by atoms with Crippen LogP contribution in [0.4, 0.5) is 0 Å². The first-order chi connectivity index (χ1) is 18.0. The number of carbonyl (C=O) groups is 1. The van der Waals surface area contributed by atoms with E-state index < -0.39 is 0 Å². The van der Waals surface area contributed by atoms with Crippen molar-refractivity contribution in [2.24, 2.45) is 5.92 Å². The lowest BCUT2D eigenvalue weighted by atomic mass is 9.89. The summed E-state index contributed by atoms with van der Waals surface area (Å²) in [6.45, 7) is 10.7. The topological polar surface area (TPSA) is 23.6 Å². The Kier molecular flexibility index (Phi) is 8.53. The Balaban J connectivity index is 1.13. The van der Waals surface area contributed by atoms with Gasteiger partial charge in [0, 0.05) is 31.6 Å². The van der Waals surface area contributed by atoms with Crippen molar-refractivity contribution in [3.63, 3.8) is 0 Å². The van der Waals surface area contributed by atoms with Crippen LogP contribution in [0, 0.1) is 19.8 Å². The van der Waals surface area contributed by atoms with E-state index in [4.69, 9.17) is 0 Å². The molecule has 1 fully saturated rings. The SMILES string of the molecule is Cc1cccc(CN2CCCc3ccc(C(=O)CCC4CCN(Cc5ccccc5C)CC4)cc3C2)c1. The molecule has 3 aromatic rings. The van der Waals surface area contributed by atoms with Gasteiger partial charge in [-0.25, -0.2) is 0 Å². The second kappa shape index (κ2) is 12.2. The van der Waals surface area contributed by atoms with Crippen LogP contribution in [0.5, 0.6) is 0 Å². The highest BCUT2D eigenvalue weighted by Gasteiger charge is 2.22. The van der Waals surface area contributed by atoms with E-state index in [1.165, 1.54) is 52.6 Å². The van der Waals surface area contributed by atoms with E-state index in [1.807, 2.05) is 0 Å². The van der Waals surface area contributed by atoms with Gasteiger partial charge in [0.05, 0.1) is 0 Å². The average molecular weight is 495 g/mol. The third kappa shape index (κ3) is 6.97. The maximum Gasteiger partial charge on any atom is 0.162 e. The monoisotopic (exact) mass is 494 g/mol. The van der Waals surface area contributed by atoms with Gasteiger partial charge in [0.15, 0.2) is 5.78 Å². The molecule has 2 aliphatic heterocycles. The molecule has 5 rings (SSSR count). The minimum Gasteiger partial charge on any atom is -0.299 e. The van der Waals surface area contributed by atoms with E-state index in [1.54, 1.807) is 0 Å². The molecular weight excluding hydrogens is 452 g/mol. The van der Waals surface area contributed by atoms with E-state index in [0.29, 0.717) is 18.1 Å². The summed E-state index contributed by atoms with van der Waals surface area (Å²) in [4.78, 5) is 18.3. The highest BCUT2D eigenvalue weighted by Crippen LogP contribution is 2.26. The van der Waals surface area contributed by atoms with Crippen LogP contribution in [0.1, 0.15) is 75.8 Å². The highest BCUT2D eigenvalue weighted by molar-refractivity contribution is 5.96. The molecule has 0 saturated carbocycles. The Morgan fingerprint density at radius 1 is 0.838 bits per heavy atom. The molecule has 0 bridgehead atoms. The fourth-order valence-electron chi connectivity index (χ4n) is 6.15. The molecule has 3 heteroatoms. The molecular formula is C34H42N2O. The Bertz CT molecular complexity index is 1210. The lowest BCUT2D eigenvalue weighted by molar-refractivity contribution is 0.0961. The van der Waals surface area contributed by atoms with Gasteiger partial charge in [-0.05, 0) is 105 Å². The van der Waals surface area contributed by atoms with Crippen molar-refractivity contribution in [3.8, 4) is 0 Å². The van der Waals surface area contributed by atoms with Gasteiger partial charge in [0.2, 0.25) is 0 Å². The zero-order valence-corrected chi connectivity index (χ0v) is 22.7. The number of hydrogen-bond acceptors (Lipinski definition) is 3. The molecule has 0 aliphatic carbocycles. The average Bonchev–Trinajstić information content (AvgIpc) is 3.10. The van der Waals surface area contributed by atoms with Gasteiger partial charge < -0.3 is 0 Å². The summed E-state index contributed by atoms with van der Waals surface area (Å²) in [7, 11) is 0. The van der Waals surface area contributed by atoms with E-state index >= 15 is 0 Å². The number of likely N-dealkylation sites (tertiary alicyclic amines) is 1. The molecule has 0 aromatic heterocycles. The molecule has 3 nitrogen and oxygen atoms in total.